The fourth-order valence-electron chi connectivity index (χ4n) is 3.26. The molecule has 2 aromatic rings. The van der Waals surface area contributed by atoms with Crippen molar-refractivity contribution in [3.8, 4) is 0 Å². The van der Waals surface area contributed by atoms with E-state index in [1.807, 2.05) is 0 Å². The largest absolute Gasteiger partial charge is 0.444 e. The number of alkyl halides is 3. The quantitative estimate of drug-likeness (QED) is 0.789. The average Bonchev–Trinajstić information content (AvgIpc) is 3.00. The number of nitrogens with zero attached hydrogens (tertiary/aromatic N) is 3. The molecule has 1 aliphatic heterocycles. The molecule has 0 bridgehead atoms. The van der Waals surface area contributed by atoms with Crippen LogP contribution in [-0.4, -0.2) is 40.5 Å². The SMILES string of the molecule is CON1C(=O)[C@@H](NC(=O)OC(C)(C)C)Cc2c1c(C(F)(F)F)nn2Cc1ccccc1. The summed E-state index contributed by atoms with van der Waals surface area (Å²) >= 11 is 0. The molecule has 1 aromatic heterocycles. The Bertz CT molecular complexity index is 967. The van der Waals surface area contributed by atoms with Crippen molar-refractivity contribution in [2.24, 2.45) is 0 Å². The van der Waals surface area contributed by atoms with E-state index in [1.54, 1.807) is 51.1 Å². The maximum absolute atomic E-state index is 13.7. The van der Waals surface area contributed by atoms with E-state index < -0.39 is 41.2 Å². The monoisotopic (exact) mass is 440 g/mol. The third kappa shape index (κ3) is 4.98. The van der Waals surface area contributed by atoms with Crippen molar-refractivity contribution < 1.29 is 32.3 Å². The molecular formula is C20H23F3N4O4. The predicted octanol–water partition coefficient (Wildman–Crippen LogP) is 3.29. The van der Waals surface area contributed by atoms with E-state index in [0.29, 0.717) is 5.06 Å². The Morgan fingerprint density at radius 3 is 2.42 bits per heavy atom. The second-order valence-corrected chi connectivity index (χ2v) is 8.00. The number of nitrogens with one attached hydrogen (secondary N) is 1. The van der Waals surface area contributed by atoms with E-state index >= 15 is 0 Å². The van der Waals surface area contributed by atoms with Crippen molar-refractivity contribution in [3.05, 3.63) is 47.3 Å². The number of amides is 2. The first-order chi connectivity index (χ1) is 14.4. The minimum Gasteiger partial charge on any atom is -0.444 e. The first-order valence-corrected chi connectivity index (χ1v) is 9.49. The van der Waals surface area contributed by atoms with Gasteiger partial charge in [0.05, 0.1) is 19.3 Å². The number of fused-ring (bicyclic) bond motifs is 1. The molecule has 2 amide bonds. The number of carbonyl (C=O) groups excluding carboxylic acids is 2. The molecule has 0 fully saturated rings. The number of aromatic nitrogens is 2. The van der Waals surface area contributed by atoms with Gasteiger partial charge in [0, 0.05) is 6.42 Å². The highest BCUT2D eigenvalue weighted by molar-refractivity contribution is 6.00. The normalized spacial score (nSPS) is 16.8. The molecule has 1 atom stereocenters. The lowest BCUT2D eigenvalue weighted by Gasteiger charge is -2.32. The lowest BCUT2D eigenvalue weighted by Crippen LogP contribution is -2.53. The highest BCUT2D eigenvalue weighted by Crippen LogP contribution is 2.41. The minimum atomic E-state index is -4.81. The molecule has 168 valence electrons. The van der Waals surface area contributed by atoms with Gasteiger partial charge in [-0.05, 0) is 26.3 Å². The summed E-state index contributed by atoms with van der Waals surface area (Å²) in [6.45, 7) is 5.00. The molecule has 1 aromatic carbocycles. The molecular weight excluding hydrogens is 417 g/mol. The maximum atomic E-state index is 13.7. The molecule has 1 aliphatic rings. The van der Waals surface area contributed by atoms with Gasteiger partial charge in [-0.1, -0.05) is 30.3 Å². The smallest absolute Gasteiger partial charge is 0.437 e. The second-order valence-electron chi connectivity index (χ2n) is 8.00. The van der Waals surface area contributed by atoms with Crippen LogP contribution in [0.1, 0.15) is 37.7 Å². The first-order valence-electron chi connectivity index (χ1n) is 9.49. The van der Waals surface area contributed by atoms with Crippen LogP contribution in [0.15, 0.2) is 30.3 Å². The minimum absolute atomic E-state index is 0.0458. The van der Waals surface area contributed by atoms with Crippen molar-refractivity contribution in [1.82, 2.24) is 15.1 Å². The molecule has 1 N–H and O–H groups in total. The zero-order valence-electron chi connectivity index (χ0n) is 17.5. The number of hydrogen-bond donors (Lipinski definition) is 1. The van der Waals surface area contributed by atoms with E-state index in [4.69, 9.17) is 9.57 Å². The average molecular weight is 440 g/mol. The fraction of sp³-hybridized carbons (Fsp3) is 0.450. The molecule has 0 radical (unpaired) electrons. The summed E-state index contributed by atoms with van der Waals surface area (Å²) in [6.07, 6.45) is -5.88. The zero-order chi connectivity index (χ0) is 23.0. The standard InChI is InChI=1S/C20H23F3N4O4/c1-19(2,3)31-18(29)24-13-10-14-15(27(30-4)17(13)28)16(20(21,22)23)25-26(14)11-12-8-6-5-7-9-12/h5-9,13H,10-11H2,1-4H3,(H,24,29)/t13-/m0/s1. The summed E-state index contributed by atoms with van der Waals surface area (Å²) in [5, 5.41) is 6.68. The fourth-order valence-corrected chi connectivity index (χ4v) is 3.26. The Labute approximate surface area is 176 Å². The van der Waals surface area contributed by atoms with Crippen molar-refractivity contribution in [2.45, 2.75) is 51.6 Å². The summed E-state index contributed by atoms with van der Waals surface area (Å²) in [4.78, 5) is 29.9. The van der Waals surface area contributed by atoms with E-state index in [1.165, 1.54) is 4.68 Å². The summed E-state index contributed by atoms with van der Waals surface area (Å²) in [5.41, 5.74) is -1.69. The topological polar surface area (TPSA) is 85.7 Å². The van der Waals surface area contributed by atoms with Gasteiger partial charge < -0.3 is 10.1 Å². The zero-order valence-corrected chi connectivity index (χ0v) is 17.5. The van der Waals surface area contributed by atoms with Crippen molar-refractivity contribution in [3.63, 3.8) is 0 Å². The van der Waals surface area contributed by atoms with Crippen LogP contribution in [0.5, 0.6) is 0 Å². The van der Waals surface area contributed by atoms with Crippen LogP contribution in [0, 0.1) is 0 Å². The lowest BCUT2D eigenvalue weighted by atomic mass is 10.0. The van der Waals surface area contributed by atoms with Crippen LogP contribution >= 0.6 is 0 Å². The molecule has 2 heterocycles. The van der Waals surface area contributed by atoms with Gasteiger partial charge in [0.2, 0.25) is 0 Å². The van der Waals surface area contributed by atoms with E-state index in [-0.39, 0.29) is 18.7 Å². The van der Waals surface area contributed by atoms with Gasteiger partial charge in [0.25, 0.3) is 5.91 Å². The van der Waals surface area contributed by atoms with Crippen molar-refractivity contribution in [1.29, 1.82) is 0 Å². The van der Waals surface area contributed by atoms with Crippen LogP contribution in [0.25, 0.3) is 0 Å². The second kappa shape index (κ2) is 8.22. The molecule has 31 heavy (non-hydrogen) atoms. The highest BCUT2D eigenvalue weighted by atomic mass is 19.4. The summed E-state index contributed by atoms with van der Waals surface area (Å²) in [6, 6.07) is 7.62. The molecule has 0 aliphatic carbocycles. The van der Waals surface area contributed by atoms with Gasteiger partial charge in [-0.3, -0.25) is 14.3 Å². The molecule has 3 rings (SSSR count). The number of ether oxygens (including phenoxy) is 1. The van der Waals surface area contributed by atoms with E-state index in [9.17, 15) is 22.8 Å². The van der Waals surface area contributed by atoms with Crippen LogP contribution in [0.4, 0.5) is 23.7 Å². The summed E-state index contributed by atoms with van der Waals surface area (Å²) in [7, 11) is 1.08. The Kier molecular flexibility index (Phi) is 5.99. The van der Waals surface area contributed by atoms with Crippen LogP contribution in [0.2, 0.25) is 0 Å². The third-order valence-corrected chi connectivity index (χ3v) is 4.45. The van der Waals surface area contributed by atoms with E-state index in [2.05, 4.69) is 10.4 Å². The molecule has 0 spiro atoms. The van der Waals surface area contributed by atoms with Gasteiger partial charge in [0.1, 0.15) is 17.3 Å². The molecule has 8 nitrogen and oxygen atoms in total. The molecule has 0 saturated carbocycles. The summed E-state index contributed by atoms with van der Waals surface area (Å²) < 4.78 is 47.4. The number of alkyl carbamates (subject to hydrolysis) is 1. The maximum Gasteiger partial charge on any atom is 0.437 e. The first kappa shape index (κ1) is 22.6. The van der Waals surface area contributed by atoms with Gasteiger partial charge in [-0.15, -0.1) is 0 Å². The third-order valence-electron chi connectivity index (χ3n) is 4.45. The van der Waals surface area contributed by atoms with Gasteiger partial charge in [-0.2, -0.15) is 23.3 Å². The molecule has 11 heteroatoms. The van der Waals surface area contributed by atoms with Gasteiger partial charge in [-0.25, -0.2) is 4.79 Å². The number of carbonyl (C=O) groups is 2. The Morgan fingerprint density at radius 1 is 1.23 bits per heavy atom. The number of anilines is 1. The van der Waals surface area contributed by atoms with Gasteiger partial charge >= 0.3 is 12.3 Å². The lowest BCUT2D eigenvalue weighted by molar-refractivity contribution is -0.142. The Morgan fingerprint density at radius 2 is 1.87 bits per heavy atom. The number of benzene rings is 1. The van der Waals surface area contributed by atoms with Crippen LogP contribution in [0.3, 0.4) is 0 Å². The molecule has 0 saturated heterocycles. The predicted molar refractivity (Wildman–Crippen MR) is 104 cm³/mol. The number of halogens is 3. The summed E-state index contributed by atoms with van der Waals surface area (Å²) in [5.74, 6) is -0.856. The number of hydroxylamine groups is 1. The van der Waals surface area contributed by atoms with E-state index in [0.717, 1.165) is 12.7 Å². The number of hydrogen-bond acceptors (Lipinski definition) is 5. The van der Waals surface area contributed by atoms with Crippen LogP contribution < -0.4 is 10.4 Å². The molecule has 0 unspecified atom stereocenters. The van der Waals surface area contributed by atoms with Crippen molar-refractivity contribution >= 4 is 17.7 Å². The Hall–Kier alpha value is -3.08. The highest BCUT2D eigenvalue weighted by Gasteiger charge is 2.47. The van der Waals surface area contributed by atoms with Gasteiger partial charge in [0.15, 0.2) is 5.69 Å². The Balaban J connectivity index is 2.02. The number of rotatable bonds is 4. The van der Waals surface area contributed by atoms with Crippen LogP contribution in [-0.2, 0) is 33.5 Å². The van der Waals surface area contributed by atoms with Crippen molar-refractivity contribution in [2.75, 3.05) is 12.2 Å².